The molecule has 1 N–H and O–H groups in total. The van der Waals surface area contributed by atoms with E-state index in [0.717, 1.165) is 0 Å². The molecule has 122 valence electrons. The number of hydrogen-bond donors (Lipinski definition) is 1. The summed E-state index contributed by atoms with van der Waals surface area (Å²) in [6.07, 6.45) is -7.37. The first-order valence-corrected chi connectivity index (χ1v) is 7.08. The topological polar surface area (TPSA) is 46.5 Å². The summed E-state index contributed by atoms with van der Waals surface area (Å²) in [5, 5.41) is 9.43. The molecule has 2 rings (SSSR count). The first kappa shape index (κ1) is 16.9. The minimum Gasteiger partial charge on any atom is -0.481 e. The summed E-state index contributed by atoms with van der Waals surface area (Å²) in [7, 11) is 0. The van der Waals surface area contributed by atoms with Crippen LogP contribution in [-0.2, 0) is 16.6 Å². The van der Waals surface area contributed by atoms with Crippen LogP contribution in [0.15, 0.2) is 12.1 Å². The van der Waals surface area contributed by atoms with Crippen molar-refractivity contribution in [3.63, 3.8) is 0 Å². The summed E-state index contributed by atoms with van der Waals surface area (Å²) in [4.78, 5) is 11.1. The summed E-state index contributed by atoms with van der Waals surface area (Å²) in [6.45, 7) is 5.64. The van der Waals surface area contributed by atoms with Crippen molar-refractivity contribution >= 4 is 17.6 Å². The molecule has 0 bridgehead atoms. The highest BCUT2D eigenvalue weighted by molar-refractivity contribution is 6.31. The van der Waals surface area contributed by atoms with Crippen LogP contribution in [0.5, 0.6) is 5.75 Å². The fraction of sp³-hybridized carbons (Fsp3) is 0.533. The first-order valence-electron chi connectivity index (χ1n) is 6.70. The van der Waals surface area contributed by atoms with Crippen molar-refractivity contribution < 1.29 is 27.8 Å². The molecule has 0 saturated carbocycles. The Balaban J connectivity index is 2.51. The summed E-state index contributed by atoms with van der Waals surface area (Å²) < 4.78 is 44.1. The maximum Gasteiger partial charge on any atom is 0.426 e. The third kappa shape index (κ3) is 3.16. The quantitative estimate of drug-likeness (QED) is 0.836. The van der Waals surface area contributed by atoms with Crippen molar-refractivity contribution in [2.75, 3.05) is 0 Å². The maximum absolute atomic E-state index is 13.0. The lowest BCUT2D eigenvalue weighted by molar-refractivity contribution is -0.217. The van der Waals surface area contributed by atoms with E-state index in [2.05, 4.69) is 0 Å². The number of aliphatic carboxylic acids is 1. The van der Waals surface area contributed by atoms with E-state index in [-0.39, 0.29) is 17.6 Å². The van der Waals surface area contributed by atoms with Gasteiger partial charge in [0.2, 0.25) is 6.10 Å². The number of fused-ring (bicyclic) bond motifs is 1. The molecule has 0 aromatic heterocycles. The number of carbonyl (C=O) groups is 1. The molecule has 0 saturated heterocycles. The SMILES string of the molecule is CC(C)(C)c1cc2c(cc1Cl)CC(C(=O)O)[C@@H](C(F)(F)F)O2. The van der Waals surface area contributed by atoms with Gasteiger partial charge in [-0.25, -0.2) is 0 Å². The zero-order valence-corrected chi connectivity index (χ0v) is 13.0. The lowest BCUT2D eigenvalue weighted by Gasteiger charge is -2.34. The van der Waals surface area contributed by atoms with Crippen molar-refractivity contribution in [2.24, 2.45) is 5.92 Å². The highest BCUT2D eigenvalue weighted by atomic mass is 35.5. The Labute approximate surface area is 131 Å². The van der Waals surface area contributed by atoms with Crippen LogP contribution in [-0.4, -0.2) is 23.4 Å². The summed E-state index contributed by atoms with van der Waals surface area (Å²) >= 11 is 6.17. The van der Waals surface area contributed by atoms with E-state index >= 15 is 0 Å². The lowest BCUT2D eigenvalue weighted by atomic mass is 9.83. The molecule has 1 heterocycles. The molecule has 0 fully saturated rings. The van der Waals surface area contributed by atoms with E-state index in [1.54, 1.807) is 0 Å². The van der Waals surface area contributed by atoms with Crippen molar-refractivity contribution in [1.29, 1.82) is 0 Å². The van der Waals surface area contributed by atoms with E-state index in [1.807, 2.05) is 20.8 Å². The van der Waals surface area contributed by atoms with Gasteiger partial charge in [0.25, 0.3) is 0 Å². The molecule has 0 amide bonds. The van der Waals surface area contributed by atoms with Crippen molar-refractivity contribution in [3.05, 3.63) is 28.3 Å². The van der Waals surface area contributed by atoms with Crippen LogP contribution in [0.2, 0.25) is 5.02 Å². The van der Waals surface area contributed by atoms with Gasteiger partial charge in [-0.1, -0.05) is 32.4 Å². The predicted octanol–water partition coefficient (Wildman–Crippen LogP) is 4.20. The van der Waals surface area contributed by atoms with E-state index in [1.165, 1.54) is 12.1 Å². The second-order valence-electron chi connectivity index (χ2n) is 6.42. The molecule has 3 nitrogen and oxygen atoms in total. The smallest absolute Gasteiger partial charge is 0.426 e. The van der Waals surface area contributed by atoms with Gasteiger partial charge < -0.3 is 9.84 Å². The van der Waals surface area contributed by atoms with E-state index in [9.17, 15) is 18.0 Å². The number of benzene rings is 1. The molecule has 1 unspecified atom stereocenters. The molecular weight excluding hydrogens is 321 g/mol. The molecular formula is C15H16ClF3O3. The molecule has 1 aromatic carbocycles. The third-order valence-electron chi connectivity index (χ3n) is 3.66. The van der Waals surface area contributed by atoms with Crippen LogP contribution in [0.3, 0.4) is 0 Å². The number of hydrogen-bond acceptors (Lipinski definition) is 2. The molecule has 22 heavy (non-hydrogen) atoms. The molecule has 1 aromatic rings. The van der Waals surface area contributed by atoms with Crippen LogP contribution in [0.4, 0.5) is 13.2 Å². The van der Waals surface area contributed by atoms with Crippen molar-refractivity contribution in [3.8, 4) is 5.75 Å². The number of carboxylic acids is 1. The molecule has 0 aliphatic carbocycles. The predicted molar refractivity (Wildman–Crippen MR) is 75.5 cm³/mol. The van der Waals surface area contributed by atoms with Crippen LogP contribution < -0.4 is 4.74 Å². The average Bonchev–Trinajstić information content (AvgIpc) is 2.33. The van der Waals surface area contributed by atoms with Gasteiger partial charge in [0.15, 0.2) is 0 Å². The lowest BCUT2D eigenvalue weighted by Crippen LogP contribution is -2.47. The Hall–Kier alpha value is -1.43. The van der Waals surface area contributed by atoms with Gasteiger partial charge in [-0.2, -0.15) is 13.2 Å². The average molecular weight is 337 g/mol. The van der Waals surface area contributed by atoms with Gasteiger partial charge in [0.05, 0.1) is 0 Å². The second-order valence-corrected chi connectivity index (χ2v) is 6.83. The normalized spacial score (nSPS) is 22.0. The van der Waals surface area contributed by atoms with Gasteiger partial charge in [-0.15, -0.1) is 0 Å². The van der Waals surface area contributed by atoms with E-state index in [4.69, 9.17) is 21.4 Å². The number of ether oxygens (including phenoxy) is 1. The molecule has 1 aliphatic rings. The Kier molecular flexibility index (Phi) is 4.11. The number of rotatable bonds is 1. The standard InChI is InChI=1S/C15H16ClF3O3/c1-14(2,3)9-6-11-7(5-10(9)16)4-8(13(20)21)12(22-11)15(17,18)19/h5-6,8,12H,4H2,1-3H3,(H,20,21)/t8?,12-/m0/s1. The van der Waals surface area contributed by atoms with Gasteiger partial charge >= 0.3 is 12.1 Å². The van der Waals surface area contributed by atoms with Crippen LogP contribution in [0.25, 0.3) is 0 Å². The third-order valence-corrected chi connectivity index (χ3v) is 3.97. The second kappa shape index (κ2) is 5.33. The molecule has 2 atom stereocenters. The Morgan fingerprint density at radius 3 is 2.36 bits per heavy atom. The van der Waals surface area contributed by atoms with Crippen LogP contribution in [0.1, 0.15) is 31.9 Å². The Morgan fingerprint density at radius 1 is 1.32 bits per heavy atom. The molecule has 1 aliphatic heterocycles. The largest absolute Gasteiger partial charge is 0.481 e. The number of carboxylic acid groups (broad SMARTS) is 1. The van der Waals surface area contributed by atoms with Crippen molar-refractivity contribution in [2.45, 2.75) is 44.9 Å². The Bertz CT molecular complexity index is 605. The van der Waals surface area contributed by atoms with Gasteiger partial charge in [0.1, 0.15) is 11.7 Å². The summed E-state index contributed by atoms with van der Waals surface area (Å²) in [5.41, 5.74) is 0.667. The fourth-order valence-electron chi connectivity index (χ4n) is 2.51. The van der Waals surface area contributed by atoms with Crippen molar-refractivity contribution in [1.82, 2.24) is 0 Å². The minimum absolute atomic E-state index is 0.0501. The van der Waals surface area contributed by atoms with E-state index in [0.29, 0.717) is 16.1 Å². The maximum atomic E-state index is 13.0. The summed E-state index contributed by atoms with van der Waals surface area (Å²) in [6, 6.07) is 2.98. The van der Waals surface area contributed by atoms with Crippen LogP contribution >= 0.6 is 11.6 Å². The van der Waals surface area contributed by atoms with Crippen LogP contribution in [0, 0.1) is 5.92 Å². The highest BCUT2D eigenvalue weighted by Gasteiger charge is 2.52. The highest BCUT2D eigenvalue weighted by Crippen LogP contribution is 2.42. The van der Waals surface area contributed by atoms with Gasteiger partial charge in [-0.05, 0) is 35.1 Å². The Morgan fingerprint density at radius 2 is 1.91 bits per heavy atom. The molecule has 0 spiro atoms. The summed E-state index contributed by atoms with van der Waals surface area (Å²) in [5.74, 6) is -3.16. The van der Waals surface area contributed by atoms with Gasteiger partial charge in [0, 0.05) is 5.02 Å². The van der Waals surface area contributed by atoms with Gasteiger partial charge in [-0.3, -0.25) is 4.79 Å². The number of halogens is 4. The zero-order chi connectivity index (χ0) is 16.9. The number of alkyl halides is 3. The monoisotopic (exact) mass is 336 g/mol. The zero-order valence-electron chi connectivity index (χ0n) is 12.3. The molecule has 7 heteroatoms. The first-order chi connectivity index (χ1) is 9.91. The van der Waals surface area contributed by atoms with E-state index < -0.39 is 24.2 Å². The minimum atomic E-state index is -4.75. The fourth-order valence-corrected chi connectivity index (χ4v) is 2.98. The molecule has 0 radical (unpaired) electrons.